The van der Waals surface area contributed by atoms with Gasteiger partial charge >= 0.3 is 0 Å². The van der Waals surface area contributed by atoms with Gasteiger partial charge in [0.2, 0.25) is 15.9 Å². The molecule has 0 atom stereocenters. The molecule has 0 amide bonds. The molecule has 0 fully saturated rings. The van der Waals surface area contributed by atoms with Crippen LogP contribution in [-0.4, -0.2) is 28.2 Å². The first-order valence-electron chi connectivity index (χ1n) is 9.97. The van der Waals surface area contributed by atoms with Gasteiger partial charge in [-0.15, -0.1) is 0 Å². The molecule has 0 aliphatic heterocycles. The number of hydrogen-bond donors (Lipinski definition) is 1. The molecule has 32 heavy (non-hydrogen) atoms. The Bertz CT molecular complexity index is 1350. The van der Waals surface area contributed by atoms with E-state index in [1.807, 2.05) is 45.0 Å². The SMILES string of the molecule is Cc1cccc(CS(=O)(=O)Nc2ccc(Oc3cc(-n4nc(C)cc4C)ncn3)cc2)c1. The maximum atomic E-state index is 12.5. The second-order valence-electron chi connectivity index (χ2n) is 7.53. The number of nitrogens with zero attached hydrogens (tertiary/aromatic N) is 4. The average molecular weight is 450 g/mol. The van der Waals surface area contributed by atoms with Gasteiger partial charge in [-0.25, -0.2) is 23.1 Å². The van der Waals surface area contributed by atoms with Crippen molar-refractivity contribution in [1.29, 1.82) is 0 Å². The lowest BCUT2D eigenvalue weighted by Crippen LogP contribution is -2.15. The molecule has 8 nitrogen and oxygen atoms in total. The van der Waals surface area contributed by atoms with Crippen LogP contribution in [0.1, 0.15) is 22.5 Å². The smallest absolute Gasteiger partial charge is 0.236 e. The summed E-state index contributed by atoms with van der Waals surface area (Å²) in [5, 5.41) is 4.41. The summed E-state index contributed by atoms with van der Waals surface area (Å²) in [7, 11) is -3.54. The number of benzene rings is 2. The van der Waals surface area contributed by atoms with E-state index in [0.29, 0.717) is 23.1 Å². The molecule has 2 aromatic heterocycles. The summed E-state index contributed by atoms with van der Waals surface area (Å²) in [6, 6.07) is 17.7. The Kier molecular flexibility index (Phi) is 5.91. The van der Waals surface area contributed by atoms with Gasteiger partial charge in [0.15, 0.2) is 5.82 Å². The number of nitrogens with one attached hydrogen (secondary N) is 1. The van der Waals surface area contributed by atoms with Gasteiger partial charge in [0.25, 0.3) is 0 Å². The molecule has 0 aliphatic rings. The van der Waals surface area contributed by atoms with Crippen LogP contribution in [0.5, 0.6) is 11.6 Å². The van der Waals surface area contributed by atoms with Crippen molar-refractivity contribution in [2.45, 2.75) is 26.5 Å². The van der Waals surface area contributed by atoms with Gasteiger partial charge in [0.1, 0.15) is 12.1 Å². The quantitative estimate of drug-likeness (QED) is 0.451. The zero-order chi connectivity index (χ0) is 22.7. The fourth-order valence-electron chi connectivity index (χ4n) is 3.31. The molecule has 0 spiro atoms. The first-order chi connectivity index (χ1) is 15.3. The highest BCUT2D eigenvalue weighted by Crippen LogP contribution is 2.23. The molecule has 0 bridgehead atoms. The van der Waals surface area contributed by atoms with Crippen molar-refractivity contribution < 1.29 is 13.2 Å². The summed E-state index contributed by atoms with van der Waals surface area (Å²) in [6.07, 6.45) is 1.41. The minimum absolute atomic E-state index is 0.0943. The molecular weight excluding hydrogens is 426 g/mol. The molecule has 1 N–H and O–H groups in total. The Morgan fingerprint density at radius 3 is 2.44 bits per heavy atom. The molecule has 0 saturated heterocycles. The first kappa shape index (κ1) is 21.5. The van der Waals surface area contributed by atoms with Crippen molar-refractivity contribution in [3.63, 3.8) is 0 Å². The molecule has 0 aliphatic carbocycles. The van der Waals surface area contributed by atoms with Gasteiger partial charge in [-0.1, -0.05) is 29.8 Å². The largest absolute Gasteiger partial charge is 0.439 e. The molecule has 0 radical (unpaired) electrons. The number of ether oxygens (including phenoxy) is 1. The van der Waals surface area contributed by atoms with Crippen LogP contribution in [0, 0.1) is 20.8 Å². The zero-order valence-electron chi connectivity index (χ0n) is 18.0. The third kappa shape index (κ3) is 5.30. The van der Waals surface area contributed by atoms with Crippen LogP contribution in [-0.2, 0) is 15.8 Å². The first-order valence-corrected chi connectivity index (χ1v) is 11.6. The van der Waals surface area contributed by atoms with E-state index in [9.17, 15) is 8.42 Å². The van der Waals surface area contributed by atoms with Gasteiger partial charge in [0, 0.05) is 17.4 Å². The Morgan fingerprint density at radius 1 is 0.969 bits per heavy atom. The lowest BCUT2D eigenvalue weighted by Gasteiger charge is -2.10. The predicted octanol–water partition coefficient (Wildman–Crippen LogP) is 4.32. The van der Waals surface area contributed by atoms with Crippen molar-refractivity contribution in [2.24, 2.45) is 0 Å². The fourth-order valence-corrected chi connectivity index (χ4v) is 4.50. The highest BCUT2D eigenvalue weighted by atomic mass is 32.2. The zero-order valence-corrected chi connectivity index (χ0v) is 18.8. The topological polar surface area (TPSA) is 99.0 Å². The van der Waals surface area contributed by atoms with Crippen LogP contribution in [0.2, 0.25) is 0 Å². The molecule has 2 aromatic carbocycles. The minimum Gasteiger partial charge on any atom is -0.439 e. The normalized spacial score (nSPS) is 11.3. The second kappa shape index (κ2) is 8.80. The standard InChI is InChI=1S/C23H23N5O3S/c1-16-5-4-6-19(11-16)14-32(29,30)27-20-7-9-21(10-8-20)31-23-13-22(24-15-25-23)28-18(3)12-17(2)26-28/h4-13,15,27H,14H2,1-3H3. The molecule has 9 heteroatoms. The third-order valence-corrected chi connectivity index (χ3v) is 5.90. The maximum Gasteiger partial charge on any atom is 0.236 e. The predicted molar refractivity (Wildman–Crippen MR) is 123 cm³/mol. The number of sulfonamides is 1. The molecule has 0 unspecified atom stereocenters. The lowest BCUT2D eigenvalue weighted by atomic mass is 10.2. The lowest BCUT2D eigenvalue weighted by molar-refractivity contribution is 0.460. The summed E-state index contributed by atoms with van der Waals surface area (Å²) >= 11 is 0. The van der Waals surface area contributed by atoms with Gasteiger partial charge in [0.05, 0.1) is 11.4 Å². The second-order valence-corrected chi connectivity index (χ2v) is 9.25. The maximum absolute atomic E-state index is 12.5. The van der Waals surface area contributed by atoms with Crippen LogP contribution in [0.15, 0.2) is 67.0 Å². The third-order valence-electron chi connectivity index (χ3n) is 4.64. The van der Waals surface area contributed by atoms with E-state index in [0.717, 1.165) is 22.5 Å². The van der Waals surface area contributed by atoms with Crippen LogP contribution < -0.4 is 9.46 Å². The summed E-state index contributed by atoms with van der Waals surface area (Å²) in [6.45, 7) is 5.79. The van der Waals surface area contributed by atoms with Gasteiger partial charge in [-0.05, 0) is 56.7 Å². The average Bonchev–Trinajstić information content (AvgIpc) is 3.07. The summed E-state index contributed by atoms with van der Waals surface area (Å²) < 4.78 is 35.1. The molecule has 164 valence electrons. The van der Waals surface area contributed by atoms with E-state index >= 15 is 0 Å². The number of aromatic nitrogens is 4. The molecule has 4 aromatic rings. The van der Waals surface area contributed by atoms with Crippen LogP contribution >= 0.6 is 0 Å². The van der Waals surface area contributed by atoms with Gasteiger partial charge in [-0.2, -0.15) is 5.10 Å². The van der Waals surface area contributed by atoms with E-state index in [-0.39, 0.29) is 5.75 Å². The Morgan fingerprint density at radius 2 is 1.75 bits per heavy atom. The van der Waals surface area contributed by atoms with Crippen molar-refractivity contribution in [1.82, 2.24) is 19.7 Å². The summed E-state index contributed by atoms with van der Waals surface area (Å²) in [5.41, 5.74) is 4.05. The van der Waals surface area contributed by atoms with Gasteiger partial charge in [-0.3, -0.25) is 4.72 Å². The van der Waals surface area contributed by atoms with Crippen molar-refractivity contribution in [3.05, 3.63) is 89.5 Å². The van der Waals surface area contributed by atoms with Crippen LogP contribution in [0.4, 0.5) is 5.69 Å². The van der Waals surface area contributed by atoms with E-state index in [1.165, 1.54) is 6.33 Å². The number of hydrogen-bond acceptors (Lipinski definition) is 6. The molecule has 2 heterocycles. The van der Waals surface area contributed by atoms with Crippen LogP contribution in [0.25, 0.3) is 5.82 Å². The number of rotatable bonds is 7. The highest BCUT2D eigenvalue weighted by Gasteiger charge is 2.13. The van der Waals surface area contributed by atoms with E-state index in [2.05, 4.69) is 19.8 Å². The van der Waals surface area contributed by atoms with Crippen molar-refractivity contribution in [2.75, 3.05) is 4.72 Å². The summed E-state index contributed by atoms with van der Waals surface area (Å²) in [4.78, 5) is 8.40. The summed E-state index contributed by atoms with van der Waals surface area (Å²) in [5.74, 6) is 1.38. The highest BCUT2D eigenvalue weighted by molar-refractivity contribution is 7.91. The van der Waals surface area contributed by atoms with E-state index < -0.39 is 10.0 Å². The fraction of sp³-hybridized carbons (Fsp3) is 0.174. The monoisotopic (exact) mass is 449 g/mol. The number of anilines is 1. The van der Waals surface area contributed by atoms with E-state index in [4.69, 9.17) is 4.74 Å². The van der Waals surface area contributed by atoms with Crippen LogP contribution in [0.3, 0.4) is 0 Å². The Hall–Kier alpha value is -3.72. The van der Waals surface area contributed by atoms with Crippen molar-refractivity contribution in [3.8, 4) is 17.4 Å². The Balaban J connectivity index is 1.44. The molecule has 0 saturated carbocycles. The number of aryl methyl sites for hydroxylation is 3. The Labute approximate surface area is 187 Å². The minimum atomic E-state index is -3.54. The van der Waals surface area contributed by atoms with Crippen molar-refractivity contribution >= 4 is 15.7 Å². The van der Waals surface area contributed by atoms with Gasteiger partial charge < -0.3 is 4.74 Å². The molecule has 4 rings (SSSR count). The molecular formula is C23H23N5O3S. The van der Waals surface area contributed by atoms with E-state index in [1.54, 1.807) is 41.1 Å².